The fraction of sp³-hybridized carbons (Fsp3) is 0.778. The Labute approximate surface area is 102 Å². The van der Waals surface area contributed by atoms with Crippen molar-refractivity contribution in [2.75, 3.05) is 13.2 Å². The Balaban J connectivity index is 4.58. The first-order chi connectivity index (χ1) is 8.38. The Morgan fingerprint density at radius 3 is 2.00 bits per heavy atom. The van der Waals surface area contributed by atoms with Crippen LogP contribution in [0.5, 0.6) is 0 Å². The third kappa shape index (κ3) is 4.64. The minimum Gasteiger partial charge on any atom is -0.450 e. The molecule has 0 spiro atoms. The quantitative estimate of drug-likeness (QED) is 0.188. The number of carbonyl (C=O) groups excluding carboxylic acids is 2. The van der Waals surface area contributed by atoms with Gasteiger partial charge in [0, 0.05) is 0 Å². The van der Waals surface area contributed by atoms with Gasteiger partial charge in [0.15, 0.2) is 18.5 Å². The number of aldehydes is 1. The smallest absolute Gasteiger partial charge is 0.338 e. The number of ether oxygens (including phenoxy) is 1. The van der Waals surface area contributed by atoms with Gasteiger partial charge in [-0.25, -0.2) is 4.79 Å². The highest BCUT2D eigenvalue weighted by atomic mass is 16.6. The lowest BCUT2D eigenvalue weighted by molar-refractivity contribution is -0.176. The van der Waals surface area contributed by atoms with Crippen LogP contribution in [0.2, 0.25) is 0 Å². The van der Waals surface area contributed by atoms with Gasteiger partial charge < -0.3 is 35.4 Å². The standard InChI is InChI=1S/C9H16O9/c10-1-4(13)7(15)8(16)6(3-12)18-9(17)5(14)2-11/h3-8,10-11,13-16H,1-2H2/t4-,5?,6+,7-,8-/m1/s1. The molecule has 0 aliphatic carbocycles. The van der Waals surface area contributed by atoms with Crippen molar-refractivity contribution in [1.82, 2.24) is 0 Å². The number of carbonyl (C=O) groups is 2. The zero-order chi connectivity index (χ0) is 14.3. The molecule has 0 bridgehead atoms. The van der Waals surface area contributed by atoms with Crippen LogP contribution in [0, 0.1) is 0 Å². The molecule has 6 N–H and O–H groups in total. The van der Waals surface area contributed by atoms with Crippen molar-refractivity contribution < 1.29 is 45.0 Å². The highest BCUT2D eigenvalue weighted by Crippen LogP contribution is 2.08. The summed E-state index contributed by atoms with van der Waals surface area (Å²) in [4.78, 5) is 21.6. The zero-order valence-electron chi connectivity index (χ0n) is 9.29. The van der Waals surface area contributed by atoms with E-state index in [0.717, 1.165) is 0 Å². The van der Waals surface area contributed by atoms with Gasteiger partial charge in [0.2, 0.25) is 0 Å². The van der Waals surface area contributed by atoms with E-state index in [9.17, 15) is 19.8 Å². The lowest BCUT2D eigenvalue weighted by Gasteiger charge is -2.25. The summed E-state index contributed by atoms with van der Waals surface area (Å²) in [6, 6.07) is 0. The summed E-state index contributed by atoms with van der Waals surface area (Å²) in [6.07, 6.45) is -9.41. The largest absolute Gasteiger partial charge is 0.450 e. The second-order valence-electron chi connectivity index (χ2n) is 3.47. The Kier molecular flexibility index (Phi) is 7.59. The SMILES string of the molecule is O=C[C@H](OC(=O)C(O)CO)[C@@H](O)[C@H](O)[C@H](O)CO. The highest BCUT2D eigenvalue weighted by Gasteiger charge is 2.34. The molecule has 18 heavy (non-hydrogen) atoms. The molecule has 106 valence electrons. The molecule has 0 fully saturated rings. The average molecular weight is 268 g/mol. The van der Waals surface area contributed by atoms with E-state index >= 15 is 0 Å². The number of aliphatic hydroxyl groups is 6. The predicted octanol–water partition coefficient (Wildman–Crippen LogP) is -4.47. The molecule has 0 aromatic heterocycles. The number of esters is 1. The third-order valence-corrected chi connectivity index (χ3v) is 2.10. The predicted molar refractivity (Wildman–Crippen MR) is 54.1 cm³/mol. The normalized spacial score (nSPS) is 19.4. The van der Waals surface area contributed by atoms with Crippen LogP contribution in [0.3, 0.4) is 0 Å². The van der Waals surface area contributed by atoms with Crippen molar-refractivity contribution in [2.45, 2.75) is 30.5 Å². The van der Waals surface area contributed by atoms with Crippen LogP contribution >= 0.6 is 0 Å². The number of hydrogen-bond acceptors (Lipinski definition) is 9. The molecule has 1 unspecified atom stereocenters. The van der Waals surface area contributed by atoms with Crippen molar-refractivity contribution in [1.29, 1.82) is 0 Å². The Morgan fingerprint density at radius 2 is 1.61 bits per heavy atom. The molecule has 0 aromatic carbocycles. The van der Waals surface area contributed by atoms with Crippen molar-refractivity contribution in [3.63, 3.8) is 0 Å². The fourth-order valence-electron chi connectivity index (χ4n) is 0.995. The molecule has 5 atom stereocenters. The summed E-state index contributed by atoms with van der Waals surface area (Å²) < 4.78 is 4.31. The number of aliphatic hydroxyl groups excluding tert-OH is 6. The monoisotopic (exact) mass is 268 g/mol. The van der Waals surface area contributed by atoms with Gasteiger partial charge in [0.1, 0.15) is 18.3 Å². The maximum absolute atomic E-state index is 11.0. The van der Waals surface area contributed by atoms with Gasteiger partial charge in [0.05, 0.1) is 13.2 Å². The zero-order valence-corrected chi connectivity index (χ0v) is 9.29. The Bertz CT molecular complexity index is 269. The maximum atomic E-state index is 11.0. The van der Waals surface area contributed by atoms with Gasteiger partial charge in [-0.05, 0) is 0 Å². The van der Waals surface area contributed by atoms with Crippen LogP contribution in [-0.4, -0.2) is 86.6 Å². The Morgan fingerprint density at radius 1 is 1.06 bits per heavy atom. The summed E-state index contributed by atoms with van der Waals surface area (Å²) >= 11 is 0. The van der Waals surface area contributed by atoms with Crippen LogP contribution < -0.4 is 0 Å². The molecule has 0 rings (SSSR count). The average Bonchev–Trinajstić information content (AvgIpc) is 2.40. The van der Waals surface area contributed by atoms with E-state index in [1.807, 2.05) is 0 Å². The van der Waals surface area contributed by atoms with Crippen molar-refractivity contribution in [3.05, 3.63) is 0 Å². The molecule has 0 amide bonds. The second kappa shape index (κ2) is 8.08. The molecule has 0 heterocycles. The lowest BCUT2D eigenvalue weighted by Crippen LogP contribution is -2.49. The maximum Gasteiger partial charge on any atom is 0.338 e. The van der Waals surface area contributed by atoms with E-state index in [1.54, 1.807) is 0 Å². The van der Waals surface area contributed by atoms with E-state index < -0.39 is 49.7 Å². The summed E-state index contributed by atoms with van der Waals surface area (Å²) in [7, 11) is 0. The first kappa shape index (κ1) is 16.9. The van der Waals surface area contributed by atoms with E-state index in [0.29, 0.717) is 0 Å². The van der Waals surface area contributed by atoms with E-state index in [-0.39, 0.29) is 6.29 Å². The third-order valence-electron chi connectivity index (χ3n) is 2.10. The molecule has 0 aliphatic heterocycles. The second-order valence-corrected chi connectivity index (χ2v) is 3.47. The van der Waals surface area contributed by atoms with Crippen LogP contribution in [-0.2, 0) is 14.3 Å². The first-order valence-corrected chi connectivity index (χ1v) is 4.98. The first-order valence-electron chi connectivity index (χ1n) is 4.98. The van der Waals surface area contributed by atoms with E-state index in [4.69, 9.17) is 20.4 Å². The minimum absolute atomic E-state index is 0.0278. The van der Waals surface area contributed by atoms with Gasteiger partial charge in [-0.1, -0.05) is 0 Å². The van der Waals surface area contributed by atoms with Crippen LogP contribution in [0.1, 0.15) is 0 Å². The van der Waals surface area contributed by atoms with Gasteiger partial charge in [-0.2, -0.15) is 0 Å². The van der Waals surface area contributed by atoms with E-state index in [1.165, 1.54) is 0 Å². The van der Waals surface area contributed by atoms with E-state index in [2.05, 4.69) is 4.74 Å². The Hall–Kier alpha value is -1.10. The summed E-state index contributed by atoms with van der Waals surface area (Å²) in [5.74, 6) is -1.38. The number of rotatable bonds is 8. The molecule has 0 saturated heterocycles. The van der Waals surface area contributed by atoms with Gasteiger partial charge in [0.25, 0.3) is 0 Å². The molecule has 9 nitrogen and oxygen atoms in total. The summed E-state index contributed by atoms with van der Waals surface area (Å²) in [5.41, 5.74) is 0. The van der Waals surface area contributed by atoms with Gasteiger partial charge in [-0.3, -0.25) is 4.79 Å². The molecule has 0 radical (unpaired) electrons. The molecule has 0 aromatic rings. The van der Waals surface area contributed by atoms with Crippen LogP contribution in [0.4, 0.5) is 0 Å². The van der Waals surface area contributed by atoms with Crippen LogP contribution in [0.15, 0.2) is 0 Å². The highest BCUT2D eigenvalue weighted by molar-refractivity contribution is 5.77. The lowest BCUT2D eigenvalue weighted by atomic mass is 10.0. The fourth-order valence-corrected chi connectivity index (χ4v) is 0.995. The molecule has 0 saturated carbocycles. The van der Waals surface area contributed by atoms with Gasteiger partial charge in [-0.15, -0.1) is 0 Å². The van der Waals surface area contributed by atoms with Crippen molar-refractivity contribution in [2.24, 2.45) is 0 Å². The topological polar surface area (TPSA) is 165 Å². The van der Waals surface area contributed by atoms with Crippen molar-refractivity contribution >= 4 is 12.3 Å². The number of hydrogen-bond donors (Lipinski definition) is 6. The molecular formula is C9H16O9. The minimum atomic E-state index is -1.99. The van der Waals surface area contributed by atoms with Gasteiger partial charge >= 0.3 is 5.97 Å². The molecule has 0 aliphatic rings. The van der Waals surface area contributed by atoms with Crippen molar-refractivity contribution in [3.8, 4) is 0 Å². The summed E-state index contributed by atoms with van der Waals surface area (Å²) in [5, 5.41) is 53.5. The molecule has 9 heteroatoms. The summed E-state index contributed by atoms with van der Waals surface area (Å²) in [6.45, 7) is -1.82. The van der Waals surface area contributed by atoms with Crippen LogP contribution in [0.25, 0.3) is 0 Å². The molecular weight excluding hydrogens is 252 g/mol.